The van der Waals surface area contributed by atoms with E-state index in [0.29, 0.717) is 12.1 Å². The Morgan fingerprint density at radius 1 is 1.12 bits per heavy atom. The summed E-state index contributed by atoms with van der Waals surface area (Å²) in [5.41, 5.74) is 2.75. The van der Waals surface area contributed by atoms with Gasteiger partial charge >= 0.3 is 0 Å². The summed E-state index contributed by atoms with van der Waals surface area (Å²) in [6.07, 6.45) is 5.54. The molecule has 3 atom stereocenters. The fraction of sp³-hybridized carbons (Fsp3) is 0.625. The summed E-state index contributed by atoms with van der Waals surface area (Å²) in [7, 11) is 0. The van der Waals surface area contributed by atoms with E-state index >= 15 is 0 Å². The fourth-order valence-electron chi connectivity index (χ4n) is 2.84. The van der Waals surface area contributed by atoms with Crippen molar-refractivity contribution in [3.63, 3.8) is 0 Å². The van der Waals surface area contributed by atoms with Crippen molar-refractivity contribution in [3.05, 3.63) is 35.4 Å². The molecule has 0 amide bonds. The van der Waals surface area contributed by atoms with Crippen LogP contribution < -0.4 is 5.32 Å². The normalized spacial score (nSPS) is 26.8. The van der Waals surface area contributed by atoms with Crippen LogP contribution in [-0.2, 0) is 0 Å². The highest BCUT2D eigenvalue weighted by atomic mass is 15.0. The zero-order chi connectivity index (χ0) is 12.3. The molecule has 94 valence electrons. The van der Waals surface area contributed by atoms with Crippen molar-refractivity contribution >= 4 is 0 Å². The van der Waals surface area contributed by atoms with E-state index in [0.717, 1.165) is 5.92 Å². The Morgan fingerprint density at radius 3 is 2.41 bits per heavy atom. The molecule has 0 bridgehead atoms. The molecular weight excluding hydrogens is 206 g/mol. The molecule has 2 rings (SSSR count). The largest absolute Gasteiger partial charge is 0.307 e. The molecule has 0 saturated heterocycles. The molecule has 2 unspecified atom stereocenters. The summed E-state index contributed by atoms with van der Waals surface area (Å²) in [5.74, 6) is 0.830. The van der Waals surface area contributed by atoms with Crippen molar-refractivity contribution in [2.24, 2.45) is 5.92 Å². The van der Waals surface area contributed by atoms with Crippen LogP contribution in [0.15, 0.2) is 24.3 Å². The van der Waals surface area contributed by atoms with Gasteiger partial charge in [0.25, 0.3) is 0 Å². The van der Waals surface area contributed by atoms with Gasteiger partial charge in [0.1, 0.15) is 0 Å². The topological polar surface area (TPSA) is 12.0 Å². The van der Waals surface area contributed by atoms with E-state index in [4.69, 9.17) is 0 Å². The van der Waals surface area contributed by atoms with Crippen LogP contribution in [-0.4, -0.2) is 6.04 Å². The second kappa shape index (κ2) is 5.68. The number of benzene rings is 1. The van der Waals surface area contributed by atoms with E-state index < -0.39 is 0 Å². The maximum absolute atomic E-state index is 3.80. The molecule has 0 heterocycles. The Balaban J connectivity index is 1.95. The lowest BCUT2D eigenvalue weighted by molar-refractivity contribution is 0.263. The Morgan fingerprint density at radius 2 is 1.76 bits per heavy atom. The van der Waals surface area contributed by atoms with E-state index in [1.807, 2.05) is 0 Å². The third kappa shape index (κ3) is 3.32. The third-order valence-electron chi connectivity index (χ3n) is 4.15. The van der Waals surface area contributed by atoms with Gasteiger partial charge in [-0.05, 0) is 38.2 Å². The second-order valence-corrected chi connectivity index (χ2v) is 5.67. The van der Waals surface area contributed by atoms with Crippen LogP contribution in [0.5, 0.6) is 0 Å². The van der Waals surface area contributed by atoms with Crippen molar-refractivity contribution < 1.29 is 0 Å². The van der Waals surface area contributed by atoms with Crippen LogP contribution in [0.1, 0.15) is 56.7 Å². The molecule has 0 spiro atoms. The zero-order valence-corrected chi connectivity index (χ0v) is 11.4. The summed E-state index contributed by atoms with van der Waals surface area (Å²) < 4.78 is 0. The summed E-state index contributed by atoms with van der Waals surface area (Å²) >= 11 is 0. The smallest absolute Gasteiger partial charge is 0.0294 e. The van der Waals surface area contributed by atoms with Gasteiger partial charge in [-0.15, -0.1) is 0 Å². The predicted molar refractivity (Wildman–Crippen MR) is 74.1 cm³/mol. The van der Waals surface area contributed by atoms with Gasteiger partial charge in [0.15, 0.2) is 0 Å². The van der Waals surface area contributed by atoms with Gasteiger partial charge in [0, 0.05) is 12.1 Å². The SMILES string of the molecule is Cc1ccc([C@@H](C)NC2CCCCC2C)cc1. The first-order valence-corrected chi connectivity index (χ1v) is 6.99. The third-order valence-corrected chi connectivity index (χ3v) is 4.15. The second-order valence-electron chi connectivity index (χ2n) is 5.67. The molecule has 1 aliphatic carbocycles. The number of aryl methyl sites for hydroxylation is 1. The summed E-state index contributed by atoms with van der Waals surface area (Å²) in [6, 6.07) is 10.1. The standard InChI is InChI=1S/C16H25N/c1-12-8-10-15(11-9-12)14(3)17-16-7-5-4-6-13(16)2/h8-11,13-14,16-17H,4-7H2,1-3H3/t13?,14-,16?/m1/s1. The van der Waals surface area contributed by atoms with E-state index in [-0.39, 0.29) is 0 Å². The molecule has 1 aliphatic rings. The molecule has 1 aromatic carbocycles. The fourth-order valence-corrected chi connectivity index (χ4v) is 2.84. The van der Waals surface area contributed by atoms with Crippen molar-refractivity contribution in [2.75, 3.05) is 0 Å². The minimum absolute atomic E-state index is 0.473. The minimum Gasteiger partial charge on any atom is -0.307 e. The average molecular weight is 231 g/mol. The minimum atomic E-state index is 0.473. The molecule has 0 radical (unpaired) electrons. The van der Waals surface area contributed by atoms with Gasteiger partial charge in [-0.25, -0.2) is 0 Å². The quantitative estimate of drug-likeness (QED) is 0.821. The summed E-state index contributed by atoms with van der Waals surface area (Å²) in [6.45, 7) is 6.82. The summed E-state index contributed by atoms with van der Waals surface area (Å²) in [4.78, 5) is 0. The lowest BCUT2D eigenvalue weighted by atomic mass is 9.85. The van der Waals surface area contributed by atoms with Crippen molar-refractivity contribution in [3.8, 4) is 0 Å². The van der Waals surface area contributed by atoms with Crippen LogP contribution in [0.3, 0.4) is 0 Å². The first-order chi connectivity index (χ1) is 8.16. The van der Waals surface area contributed by atoms with Gasteiger partial charge in [-0.3, -0.25) is 0 Å². The molecular formula is C16H25N. The van der Waals surface area contributed by atoms with Crippen LogP contribution in [0, 0.1) is 12.8 Å². The van der Waals surface area contributed by atoms with Gasteiger partial charge in [-0.2, -0.15) is 0 Å². The van der Waals surface area contributed by atoms with Crippen molar-refractivity contribution in [1.29, 1.82) is 0 Å². The van der Waals surface area contributed by atoms with Gasteiger partial charge < -0.3 is 5.32 Å². The zero-order valence-electron chi connectivity index (χ0n) is 11.4. The molecule has 0 aromatic heterocycles. The Hall–Kier alpha value is -0.820. The van der Waals surface area contributed by atoms with Crippen LogP contribution in [0.25, 0.3) is 0 Å². The highest BCUT2D eigenvalue weighted by Gasteiger charge is 2.22. The average Bonchev–Trinajstić information content (AvgIpc) is 2.33. The van der Waals surface area contributed by atoms with Crippen molar-refractivity contribution in [2.45, 2.75) is 58.5 Å². The molecule has 1 heteroatoms. The lowest BCUT2D eigenvalue weighted by Gasteiger charge is -2.32. The van der Waals surface area contributed by atoms with Crippen molar-refractivity contribution in [1.82, 2.24) is 5.32 Å². The molecule has 1 fully saturated rings. The van der Waals surface area contributed by atoms with E-state index in [1.54, 1.807) is 0 Å². The van der Waals surface area contributed by atoms with Crippen LogP contribution in [0.2, 0.25) is 0 Å². The monoisotopic (exact) mass is 231 g/mol. The molecule has 1 N–H and O–H groups in total. The highest BCUT2D eigenvalue weighted by Crippen LogP contribution is 2.26. The maximum atomic E-state index is 3.80. The van der Waals surface area contributed by atoms with Gasteiger partial charge in [-0.1, -0.05) is 49.6 Å². The Kier molecular flexibility index (Phi) is 4.22. The molecule has 0 aliphatic heterocycles. The molecule has 17 heavy (non-hydrogen) atoms. The maximum Gasteiger partial charge on any atom is 0.0294 e. The molecule has 1 saturated carbocycles. The molecule has 1 aromatic rings. The highest BCUT2D eigenvalue weighted by molar-refractivity contribution is 5.23. The Bertz CT molecular complexity index is 341. The van der Waals surface area contributed by atoms with E-state index in [9.17, 15) is 0 Å². The lowest BCUT2D eigenvalue weighted by Crippen LogP contribution is -2.38. The number of nitrogens with one attached hydrogen (secondary N) is 1. The number of rotatable bonds is 3. The van der Waals surface area contributed by atoms with E-state index in [1.165, 1.54) is 36.8 Å². The summed E-state index contributed by atoms with van der Waals surface area (Å²) in [5, 5.41) is 3.80. The van der Waals surface area contributed by atoms with Crippen LogP contribution >= 0.6 is 0 Å². The van der Waals surface area contributed by atoms with Gasteiger partial charge in [0.2, 0.25) is 0 Å². The van der Waals surface area contributed by atoms with Gasteiger partial charge in [0.05, 0.1) is 0 Å². The molecule has 1 nitrogen and oxygen atoms in total. The first kappa shape index (κ1) is 12.6. The van der Waals surface area contributed by atoms with E-state index in [2.05, 4.69) is 50.4 Å². The predicted octanol–water partition coefficient (Wildman–Crippen LogP) is 4.22. The van der Waals surface area contributed by atoms with Crippen LogP contribution in [0.4, 0.5) is 0 Å². The number of hydrogen-bond donors (Lipinski definition) is 1. The number of hydrogen-bond acceptors (Lipinski definition) is 1. The first-order valence-electron chi connectivity index (χ1n) is 6.99. The Labute approximate surface area is 106 Å².